The summed E-state index contributed by atoms with van der Waals surface area (Å²) in [7, 11) is 0. The second-order valence-corrected chi connectivity index (χ2v) is 4.72. The summed E-state index contributed by atoms with van der Waals surface area (Å²) in [5.74, 6) is 0. The number of nitrogens with two attached hydrogens (primary N) is 1. The van der Waals surface area contributed by atoms with Gasteiger partial charge in [-0.3, -0.25) is 0 Å². The first-order valence-corrected chi connectivity index (χ1v) is 5.42. The van der Waals surface area contributed by atoms with E-state index in [0.29, 0.717) is 12.1 Å². The topological polar surface area (TPSA) is 29.3 Å². The minimum atomic E-state index is 0.351. The first-order valence-electron chi connectivity index (χ1n) is 5.04. The molecule has 74 valence electrons. The summed E-state index contributed by atoms with van der Waals surface area (Å²) in [6.07, 6.45) is 2.23. The van der Waals surface area contributed by atoms with Crippen molar-refractivity contribution in [1.29, 1.82) is 0 Å². The zero-order chi connectivity index (χ0) is 9.71. The van der Waals surface area contributed by atoms with Crippen LogP contribution in [0.3, 0.4) is 0 Å². The molecule has 2 atom stereocenters. The highest BCUT2D eigenvalue weighted by Crippen LogP contribution is 2.38. The molecule has 2 aliphatic rings. The summed E-state index contributed by atoms with van der Waals surface area (Å²) in [4.78, 5) is 2.43. The highest BCUT2D eigenvalue weighted by atomic mass is 35.5. The number of fused-ring (bicyclic) bond motifs is 3. The number of rotatable bonds is 0. The van der Waals surface area contributed by atoms with Gasteiger partial charge in [0.2, 0.25) is 0 Å². The molecule has 2 N–H and O–H groups in total. The third-order valence-electron chi connectivity index (χ3n) is 3.25. The second-order valence-electron chi connectivity index (χ2n) is 4.28. The van der Waals surface area contributed by atoms with Crippen LogP contribution in [0.5, 0.6) is 0 Å². The fourth-order valence-electron chi connectivity index (χ4n) is 2.69. The van der Waals surface area contributed by atoms with E-state index in [9.17, 15) is 0 Å². The fraction of sp³-hybridized carbons (Fsp3) is 0.455. The van der Waals surface area contributed by atoms with Gasteiger partial charge in [0, 0.05) is 29.3 Å². The van der Waals surface area contributed by atoms with Gasteiger partial charge in [-0.15, -0.1) is 0 Å². The van der Waals surface area contributed by atoms with Crippen LogP contribution in [0.25, 0.3) is 0 Å². The van der Waals surface area contributed by atoms with Crippen LogP contribution < -0.4 is 10.6 Å². The zero-order valence-corrected chi connectivity index (χ0v) is 8.67. The Morgan fingerprint density at radius 1 is 1.43 bits per heavy atom. The van der Waals surface area contributed by atoms with Gasteiger partial charge in [-0.25, -0.2) is 0 Å². The van der Waals surface area contributed by atoms with E-state index in [1.165, 1.54) is 11.3 Å². The van der Waals surface area contributed by atoms with Crippen LogP contribution in [0.15, 0.2) is 18.2 Å². The molecule has 0 amide bonds. The van der Waals surface area contributed by atoms with Crippen LogP contribution in [0.2, 0.25) is 5.02 Å². The molecule has 2 heterocycles. The van der Waals surface area contributed by atoms with Gasteiger partial charge >= 0.3 is 0 Å². The lowest BCUT2D eigenvalue weighted by molar-refractivity contribution is 0.662. The van der Waals surface area contributed by atoms with E-state index in [1.54, 1.807) is 0 Å². The molecule has 0 radical (unpaired) electrons. The van der Waals surface area contributed by atoms with Crippen LogP contribution in [-0.2, 0) is 6.42 Å². The Kier molecular flexibility index (Phi) is 1.76. The standard InChI is InChI=1S/C11H13ClN2/c12-8-1-2-11-7(3-8)4-10-5-9(13)6-14(10)11/h1-3,9-10H,4-6,13H2. The molecule has 2 aliphatic heterocycles. The lowest BCUT2D eigenvalue weighted by Crippen LogP contribution is -2.27. The van der Waals surface area contributed by atoms with Crippen LogP contribution in [0.1, 0.15) is 12.0 Å². The predicted molar refractivity (Wildman–Crippen MR) is 58.9 cm³/mol. The molecular weight excluding hydrogens is 196 g/mol. The van der Waals surface area contributed by atoms with Gasteiger partial charge in [0.25, 0.3) is 0 Å². The maximum absolute atomic E-state index is 5.97. The van der Waals surface area contributed by atoms with Crippen molar-refractivity contribution in [3.05, 3.63) is 28.8 Å². The largest absolute Gasteiger partial charge is 0.366 e. The fourth-order valence-corrected chi connectivity index (χ4v) is 2.89. The second kappa shape index (κ2) is 2.88. The lowest BCUT2D eigenvalue weighted by Gasteiger charge is -2.18. The summed E-state index contributed by atoms with van der Waals surface area (Å²) < 4.78 is 0. The van der Waals surface area contributed by atoms with Crippen molar-refractivity contribution in [2.45, 2.75) is 24.9 Å². The molecule has 1 aromatic carbocycles. The van der Waals surface area contributed by atoms with E-state index in [4.69, 9.17) is 17.3 Å². The Hall–Kier alpha value is -0.730. The maximum Gasteiger partial charge on any atom is 0.0410 e. The quantitative estimate of drug-likeness (QED) is 0.705. The Labute approximate surface area is 88.6 Å². The van der Waals surface area contributed by atoms with Crippen molar-refractivity contribution >= 4 is 17.3 Å². The third-order valence-corrected chi connectivity index (χ3v) is 3.49. The SMILES string of the molecule is NC1CC2Cc3cc(Cl)ccc3N2C1. The van der Waals surface area contributed by atoms with E-state index in [2.05, 4.69) is 17.0 Å². The van der Waals surface area contributed by atoms with Gasteiger partial charge in [0.1, 0.15) is 0 Å². The number of benzene rings is 1. The third kappa shape index (κ3) is 1.14. The molecule has 14 heavy (non-hydrogen) atoms. The summed E-state index contributed by atoms with van der Waals surface area (Å²) in [5, 5.41) is 0.842. The molecular formula is C11H13ClN2. The van der Waals surface area contributed by atoms with Crippen molar-refractivity contribution < 1.29 is 0 Å². The van der Waals surface area contributed by atoms with Crippen LogP contribution >= 0.6 is 11.6 Å². The molecule has 2 nitrogen and oxygen atoms in total. The van der Waals surface area contributed by atoms with E-state index in [1.807, 2.05) is 6.07 Å². The molecule has 1 aromatic rings. The Balaban J connectivity index is 2.01. The molecule has 0 bridgehead atoms. The number of anilines is 1. The van der Waals surface area contributed by atoms with E-state index in [0.717, 1.165) is 24.4 Å². The molecule has 2 unspecified atom stereocenters. The summed E-state index contributed by atoms with van der Waals surface area (Å²) in [6.45, 7) is 0.999. The van der Waals surface area contributed by atoms with Crippen LogP contribution in [0.4, 0.5) is 5.69 Å². The van der Waals surface area contributed by atoms with Crippen LogP contribution in [0, 0.1) is 0 Å². The lowest BCUT2D eigenvalue weighted by atomic mass is 10.1. The molecule has 0 aromatic heterocycles. The average molecular weight is 209 g/mol. The molecule has 3 heteroatoms. The molecule has 3 rings (SSSR count). The van der Waals surface area contributed by atoms with Gasteiger partial charge in [0.15, 0.2) is 0 Å². The van der Waals surface area contributed by atoms with Gasteiger partial charge in [0.05, 0.1) is 0 Å². The van der Waals surface area contributed by atoms with E-state index >= 15 is 0 Å². The first-order chi connectivity index (χ1) is 6.74. The summed E-state index contributed by atoms with van der Waals surface area (Å²) in [5.41, 5.74) is 8.67. The number of hydrogen-bond donors (Lipinski definition) is 1. The Bertz CT molecular complexity index is 378. The van der Waals surface area contributed by atoms with Crippen molar-refractivity contribution in [2.75, 3.05) is 11.4 Å². The molecule has 0 aliphatic carbocycles. The number of nitrogens with zero attached hydrogens (tertiary/aromatic N) is 1. The van der Waals surface area contributed by atoms with E-state index < -0.39 is 0 Å². The first kappa shape index (κ1) is 8.57. The van der Waals surface area contributed by atoms with Crippen molar-refractivity contribution in [2.24, 2.45) is 5.73 Å². The van der Waals surface area contributed by atoms with Gasteiger partial charge in [-0.1, -0.05) is 11.6 Å². The van der Waals surface area contributed by atoms with Gasteiger partial charge in [-0.05, 0) is 36.6 Å². The van der Waals surface area contributed by atoms with Crippen molar-refractivity contribution in [3.8, 4) is 0 Å². The smallest absolute Gasteiger partial charge is 0.0410 e. The highest BCUT2D eigenvalue weighted by Gasteiger charge is 2.36. The number of halogens is 1. The zero-order valence-electron chi connectivity index (χ0n) is 7.91. The van der Waals surface area contributed by atoms with Crippen molar-refractivity contribution in [1.82, 2.24) is 0 Å². The van der Waals surface area contributed by atoms with Crippen molar-refractivity contribution in [3.63, 3.8) is 0 Å². The van der Waals surface area contributed by atoms with E-state index in [-0.39, 0.29) is 0 Å². The van der Waals surface area contributed by atoms with Gasteiger partial charge < -0.3 is 10.6 Å². The Morgan fingerprint density at radius 2 is 2.29 bits per heavy atom. The number of hydrogen-bond acceptors (Lipinski definition) is 2. The molecule has 1 saturated heterocycles. The minimum Gasteiger partial charge on any atom is -0.366 e. The van der Waals surface area contributed by atoms with Crippen LogP contribution in [-0.4, -0.2) is 18.6 Å². The minimum absolute atomic E-state index is 0.351. The predicted octanol–water partition coefficient (Wildman–Crippen LogP) is 1.80. The highest BCUT2D eigenvalue weighted by molar-refractivity contribution is 6.30. The average Bonchev–Trinajstić information content (AvgIpc) is 2.59. The normalized spacial score (nSPS) is 29.1. The maximum atomic E-state index is 5.97. The molecule has 0 spiro atoms. The van der Waals surface area contributed by atoms with Gasteiger partial charge in [-0.2, -0.15) is 0 Å². The summed E-state index contributed by atoms with van der Waals surface area (Å²) in [6, 6.07) is 7.14. The molecule has 1 fully saturated rings. The Morgan fingerprint density at radius 3 is 3.14 bits per heavy atom. The molecule has 0 saturated carbocycles. The summed E-state index contributed by atoms with van der Waals surface area (Å²) >= 11 is 5.97. The monoisotopic (exact) mass is 208 g/mol.